The van der Waals surface area contributed by atoms with Gasteiger partial charge in [0.05, 0.1) is 6.61 Å². The molecule has 82 valence electrons. The summed E-state index contributed by atoms with van der Waals surface area (Å²) >= 11 is 0. The van der Waals surface area contributed by atoms with Crippen LogP contribution in [0.3, 0.4) is 0 Å². The normalized spacial score (nSPS) is 14.3. The molecule has 0 radical (unpaired) electrons. The van der Waals surface area contributed by atoms with Crippen LogP contribution < -0.4 is 5.32 Å². The number of carbonyl (C=O) groups is 1. The van der Waals surface area contributed by atoms with Gasteiger partial charge in [-0.15, -0.1) is 0 Å². The molecule has 0 aliphatic heterocycles. The Morgan fingerprint density at radius 3 is 2.53 bits per heavy atom. The van der Waals surface area contributed by atoms with E-state index < -0.39 is 12.0 Å². The van der Waals surface area contributed by atoms with Gasteiger partial charge in [0.1, 0.15) is 0 Å². The van der Waals surface area contributed by atoms with Crippen molar-refractivity contribution in [2.45, 2.75) is 19.1 Å². The zero-order valence-corrected chi connectivity index (χ0v) is 8.55. The highest BCUT2D eigenvalue weighted by Crippen LogP contribution is 2.11. The highest BCUT2D eigenvalue weighted by Gasteiger charge is 2.17. The largest absolute Gasteiger partial charge is 0.394 e. The third kappa shape index (κ3) is 3.34. The van der Waals surface area contributed by atoms with Crippen LogP contribution in [0.1, 0.15) is 18.6 Å². The van der Waals surface area contributed by atoms with Crippen LogP contribution in [0.2, 0.25) is 0 Å². The highest BCUT2D eigenvalue weighted by molar-refractivity contribution is 5.82. The molecule has 4 nitrogen and oxygen atoms in total. The molecule has 1 aromatic carbocycles. The molecule has 0 unspecified atom stereocenters. The summed E-state index contributed by atoms with van der Waals surface area (Å²) in [5.74, 6) is -0.497. The van der Waals surface area contributed by atoms with E-state index in [1.54, 1.807) is 31.2 Å². The molecule has 1 amide bonds. The minimum Gasteiger partial charge on any atom is -0.394 e. The summed E-state index contributed by atoms with van der Waals surface area (Å²) in [5.41, 5.74) is 0.542. The Hall–Kier alpha value is -1.39. The van der Waals surface area contributed by atoms with E-state index in [4.69, 9.17) is 5.11 Å². The molecular formula is C11H15NO3. The molecule has 0 aliphatic rings. The monoisotopic (exact) mass is 209 g/mol. The fourth-order valence-electron chi connectivity index (χ4n) is 1.15. The van der Waals surface area contributed by atoms with Crippen molar-refractivity contribution in [3.05, 3.63) is 35.9 Å². The number of benzene rings is 1. The second-order valence-electron chi connectivity index (χ2n) is 3.41. The van der Waals surface area contributed by atoms with E-state index in [1.807, 2.05) is 6.07 Å². The maximum Gasteiger partial charge on any atom is 0.253 e. The Bertz CT molecular complexity index is 313. The molecule has 0 heterocycles. The third-order valence-electron chi connectivity index (χ3n) is 2.03. The van der Waals surface area contributed by atoms with Crippen LogP contribution in [-0.2, 0) is 4.79 Å². The van der Waals surface area contributed by atoms with Crippen molar-refractivity contribution >= 4 is 5.91 Å². The first kappa shape index (κ1) is 11.7. The van der Waals surface area contributed by atoms with Gasteiger partial charge in [-0.1, -0.05) is 30.3 Å². The van der Waals surface area contributed by atoms with E-state index in [-0.39, 0.29) is 12.6 Å². The van der Waals surface area contributed by atoms with Crippen molar-refractivity contribution in [2.24, 2.45) is 0 Å². The molecule has 1 rings (SSSR count). The van der Waals surface area contributed by atoms with Gasteiger partial charge in [0, 0.05) is 6.04 Å². The Kier molecular flexibility index (Phi) is 4.27. The second-order valence-corrected chi connectivity index (χ2v) is 3.41. The van der Waals surface area contributed by atoms with Gasteiger partial charge in [-0.25, -0.2) is 0 Å². The zero-order valence-electron chi connectivity index (χ0n) is 8.55. The molecule has 1 aromatic rings. The van der Waals surface area contributed by atoms with Crippen LogP contribution >= 0.6 is 0 Å². The number of aliphatic hydroxyl groups excluding tert-OH is 2. The number of hydrogen-bond acceptors (Lipinski definition) is 3. The van der Waals surface area contributed by atoms with Crippen LogP contribution in [-0.4, -0.2) is 28.8 Å². The first-order valence-corrected chi connectivity index (χ1v) is 4.79. The Labute approximate surface area is 88.6 Å². The molecule has 0 saturated carbocycles. The van der Waals surface area contributed by atoms with Gasteiger partial charge in [0.25, 0.3) is 5.91 Å². The average Bonchev–Trinajstić information content (AvgIpc) is 2.29. The van der Waals surface area contributed by atoms with Gasteiger partial charge in [0.2, 0.25) is 0 Å². The van der Waals surface area contributed by atoms with Crippen molar-refractivity contribution in [3.8, 4) is 0 Å². The molecule has 0 fully saturated rings. The first-order valence-electron chi connectivity index (χ1n) is 4.79. The quantitative estimate of drug-likeness (QED) is 0.664. The minimum atomic E-state index is -1.18. The topological polar surface area (TPSA) is 69.6 Å². The number of rotatable bonds is 4. The number of amides is 1. The lowest BCUT2D eigenvalue weighted by molar-refractivity contribution is -0.130. The molecule has 3 N–H and O–H groups in total. The van der Waals surface area contributed by atoms with Crippen molar-refractivity contribution in [2.75, 3.05) is 6.61 Å². The molecule has 2 atom stereocenters. The minimum absolute atomic E-state index is 0.146. The predicted octanol–water partition coefficient (Wildman–Crippen LogP) is 0.217. The Morgan fingerprint density at radius 2 is 2.00 bits per heavy atom. The molecule has 0 spiro atoms. The Morgan fingerprint density at radius 1 is 1.40 bits per heavy atom. The smallest absolute Gasteiger partial charge is 0.253 e. The summed E-state index contributed by atoms with van der Waals surface area (Å²) in [7, 11) is 0. The van der Waals surface area contributed by atoms with Gasteiger partial charge in [-0.05, 0) is 12.5 Å². The lowest BCUT2D eigenvalue weighted by Gasteiger charge is -2.15. The maximum atomic E-state index is 11.4. The Balaban J connectivity index is 2.61. The third-order valence-corrected chi connectivity index (χ3v) is 2.03. The van der Waals surface area contributed by atoms with E-state index in [1.165, 1.54) is 0 Å². The van der Waals surface area contributed by atoms with Gasteiger partial charge in [-0.2, -0.15) is 0 Å². The summed E-state index contributed by atoms with van der Waals surface area (Å²) in [6, 6.07) is 8.31. The zero-order chi connectivity index (χ0) is 11.3. The van der Waals surface area contributed by atoms with Crippen molar-refractivity contribution in [1.29, 1.82) is 0 Å². The summed E-state index contributed by atoms with van der Waals surface area (Å²) < 4.78 is 0. The van der Waals surface area contributed by atoms with Crippen molar-refractivity contribution in [3.63, 3.8) is 0 Å². The van der Waals surface area contributed by atoms with Gasteiger partial charge in [0.15, 0.2) is 6.10 Å². The lowest BCUT2D eigenvalue weighted by Crippen LogP contribution is -2.38. The molecule has 0 saturated heterocycles. The van der Waals surface area contributed by atoms with E-state index in [0.717, 1.165) is 0 Å². The molecule has 4 heteroatoms. The molecule has 0 aromatic heterocycles. The van der Waals surface area contributed by atoms with Crippen molar-refractivity contribution < 1.29 is 15.0 Å². The molecule has 15 heavy (non-hydrogen) atoms. The summed E-state index contributed by atoms with van der Waals surface area (Å²) in [4.78, 5) is 11.4. The number of nitrogens with one attached hydrogen (secondary N) is 1. The summed E-state index contributed by atoms with van der Waals surface area (Å²) in [6.07, 6.45) is -1.18. The van der Waals surface area contributed by atoms with Crippen LogP contribution in [0.25, 0.3) is 0 Å². The number of hydrogen-bond donors (Lipinski definition) is 3. The number of aliphatic hydroxyl groups is 2. The standard InChI is InChI=1S/C11H15NO3/c1-8(7-13)12-11(15)10(14)9-5-3-2-4-6-9/h2-6,8,10,13-14H,7H2,1H3,(H,12,15)/t8-,10-/m1/s1. The van der Waals surface area contributed by atoms with Gasteiger partial charge >= 0.3 is 0 Å². The van der Waals surface area contributed by atoms with Crippen LogP contribution in [0.4, 0.5) is 0 Å². The van der Waals surface area contributed by atoms with Crippen molar-refractivity contribution in [1.82, 2.24) is 5.32 Å². The van der Waals surface area contributed by atoms with Crippen LogP contribution in [0.5, 0.6) is 0 Å². The second kappa shape index (κ2) is 5.48. The van der Waals surface area contributed by atoms with E-state index >= 15 is 0 Å². The van der Waals surface area contributed by atoms with E-state index in [2.05, 4.69) is 5.32 Å². The summed E-state index contributed by atoms with van der Waals surface area (Å²) in [6.45, 7) is 1.52. The van der Waals surface area contributed by atoms with Crippen LogP contribution in [0.15, 0.2) is 30.3 Å². The average molecular weight is 209 g/mol. The fraction of sp³-hybridized carbons (Fsp3) is 0.364. The summed E-state index contributed by atoms with van der Waals surface area (Å²) in [5, 5.41) is 20.9. The molecule has 0 aliphatic carbocycles. The number of carbonyl (C=O) groups excluding carboxylic acids is 1. The SMILES string of the molecule is C[C@H](CO)NC(=O)[C@H](O)c1ccccc1. The van der Waals surface area contributed by atoms with E-state index in [9.17, 15) is 9.90 Å². The van der Waals surface area contributed by atoms with Gasteiger partial charge < -0.3 is 15.5 Å². The first-order chi connectivity index (χ1) is 7.15. The van der Waals surface area contributed by atoms with Crippen LogP contribution in [0, 0.1) is 0 Å². The maximum absolute atomic E-state index is 11.4. The van der Waals surface area contributed by atoms with E-state index in [0.29, 0.717) is 5.56 Å². The predicted molar refractivity (Wildman–Crippen MR) is 56.1 cm³/mol. The highest BCUT2D eigenvalue weighted by atomic mass is 16.3. The fourth-order valence-corrected chi connectivity index (χ4v) is 1.15. The molecular weight excluding hydrogens is 194 g/mol. The lowest BCUT2D eigenvalue weighted by atomic mass is 10.1. The van der Waals surface area contributed by atoms with Gasteiger partial charge in [-0.3, -0.25) is 4.79 Å². The molecule has 0 bridgehead atoms.